The number of hydrogen-bond acceptors (Lipinski definition) is 2. The minimum atomic E-state index is 0.160. The topological polar surface area (TPSA) is 21.3 Å². The van der Waals surface area contributed by atoms with Crippen molar-refractivity contribution >= 4 is 23.2 Å². The van der Waals surface area contributed by atoms with Gasteiger partial charge in [0.2, 0.25) is 0 Å². The molecule has 1 heterocycles. The minimum absolute atomic E-state index is 0.160. The van der Waals surface area contributed by atoms with Crippen molar-refractivity contribution in [2.45, 2.75) is 31.9 Å². The number of hydrogen-bond donors (Lipinski definition) is 1. The number of rotatable bonds is 4. The van der Waals surface area contributed by atoms with E-state index >= 15 is 0 Å². The van der Waals surface area contributed by atoms with Gasteiger partial charge in [0.1, 0.15) is 0 Å². The second-order valence-corrected chi connectivity index (χ2v) is 5.10. The Labute approximate surface area is 112 Å². The Balaban J connectivity index is 2.24. The fourth-order valence-corrected chi connectivity index (χ4v) is 2.81. The first kappa shape index (κ1) is 13.2. The first-order valence-electron chi connectivity index (χ1n) is 6.02. The average molecular weight is 274 g/mol. The summed E-state index contributed by atoms with van der Waals surface area (Å²) in [6.45, 7) is 3.83. The van der Waals surface area contributed by atoms with Crippen LogP contribution in [0.2, 0.25) is 10.0 Å². The number of likely N-dealkylation sites (N-methyl/N-ethyl adjacent to an activating group) is 1. The van der Waals surface area contributed by atoms with Crippen LogP contribution in [0.25, 0.3) is 0 Å². The monoisotopic (exact) mass is 273 g/mol. The first-order valence-corrected chi connectivity index (χ1v) is 6.78. The van der Waals surface area contributed by atoms with Gasteiger partial charge in [-0.15, -0.1) is 0 Å². The van der Waals surface area contributed by atoms with Crippen LogP contribution in [0.15, 0.2) is 18.2 Å². The molecule has 1 aromatic rings. The van der Waals surface area contributed by atoms with Gasteiger partial charge in [-0.3, -0.25) is 0 Å². The molecule has 2 atom stereocenters. The van der Waals surface area contributed by atoms with Gasteiger partial charge in [0.15, 0.2) is 0 Å². The second kappa shape index (κ2) is 6.05. The Morgan fingerprint density at radius 1 is 1.47 bits per heavy atom. The average Bonchev–Trinajstić information content (AvgIpc) is 2.80. The molecule has 0 amide bonds. The molecule has 0 bridgehead atoms. The summed E-state index contributed by atoms with van der Waals surface area (Å²) in [5.74, 6) is 0. The van der Waals surface area contributed by atoms with Crippen LogP contribution in [0.3, 0.4) is 0 Å². The van der Waals surface area contributed by atoms with E-state index in [1.165, 1.54) is 0 Å². The third kappa shape index (κ3) is 3.14. The van der Waals surface area contributed by atoms with Gasteiger partial charge >= 0.3 is 0 Å². The van der Waals surface area contributed by atoms with E-state index in [4.69, 9.17) is 27.9 Å². The smallest absolute Gasteiger partial charge is 0.0771 e. The van der Waals surface area contributed by atoms with E-state index in [9.17, 15) is 0 Å². The van der Waals surface area contributed by atoms with Crippen molar-refractivity contribution in [1.29, 1.82) is 0 Å². The second-order valence-electron chi connectivity index (χ2n) is 4.25. The third-order valence-electron chi connectivity index (χ3n) is 3.06. The molecule has 1 saturated heterocycles. The molecule has 0 spiro atoms. The van der Waals surface area contributed by atoms with Gasteiger partial charge in [0, 0.05) is 16.7 Å². The molecule has 1 N–H and O–H groups in total. The molecule has 0 saturated carbocycles. The predicted molar refractivity (Wildman–Crippen MR) is 71.9 cm³/mol. The fraction of sp³-hybridized carbons (Fsp3) is 0.538. The van der Waals surface area contributed by atoms with Crippen molar-refractivity contribution in [1.82, 2.24) is 5.32 Å². The highest BCUT2D eigenvalue weighted by Crippen LogP contribution is 2.32. The molecule has 1 aliphatic rings. The van der Waals surface area contributed by atoms with E-state index in [2.05, 4.69) is 12.2 Å². The van der Waals surface area contributed by atoms with Crippen LogP contribution in [0.5, 0.6) is 0 Å². The van der Waals surface area contributed by atoms with Crippen LogP contribution in [0, 0.1) is 0 Å². The molecule has 2 rings (SSSR count). The zero-order chi connectivity index (χ0) is 12.3. The molecule has 1 aromatic carbocycles. The lowest BCUT2D eigenvalue weighted by atomic mass is 9.99. The molecular formula is C13H17Cl2NO. The van der Waals surface area contributed by atoms with Crippen LogP contribution in [-0.2, 0) is 4.74 Å². The van der Waals surface area contributed by atoms with Gasteiger partial charge < -0.3 is 10.1 Å². The molecule has 17 heavy (non-hydrogen) atoms. The number of ether oxygens (including phenoxy) is 1. The van der Waals surface area contributed by atoms with Crippen molar-refractivity contribution in [2.75, 3.05) is 13.2 Å². The predicted octanol–water partition coefficient (Wildman–Crippen LogP) is 3.82. The van der Waals surface area contributed by atoms with E-state index in [1.807, 2.05) is 12.1 Å². The number of nitrogens with one attached hydrogen (secondary N) is 1. The number of halogens is 2. The highest BCUT2D eigenvalue weighted by molar-refractivity contribution is 6.35. The van der Waals surface area contributed by atoms with Gasteiger partial charge in [0.25, 0.3) is 0 Å². The Bertz CT molecular complexity index is 378. The standard InChI is InChI=1S/C13H17Cl2NO/c1-2-16-13(12-4-3-7-17-12)10-6-5-9(14)8-11(10)15/h5-6,8,12-13,16H,2-4,7H2,1H3. The fourth-order valence-electron chi connectivity index (χ4n) is 2.28. The van der Waals surface area contributed by atoms with Crippen molar-refractivity contribution in [3.05, 3.63) is 33.8 Å². The summed E-state index contributed by atoms with van der Waals surface area (Å²) in [4.78, 5) is 0. The zero-order valence-corrected chi connectivity index (χ0v) is 11.4. The molecular weight excluding hydrogens is 257 g/mol. The van der Waals surface area contributed by atoms with Crippen LogP contribution in [0.4, 0.5) is 0 Å². The lowest BCUT2D eigenvalue weighted by Crippen LogP contribution is -2.31. The van der Waals surface area contributed by atoms with E-state index in [0.29, 0.717) is 10.0 Å². The van der Waals surface area contributed by atoms with Gasteiger partial charge in [-0.1, -0.05) is 36.2 Å². The third-order valence-corrected chi connectivity index (χ3v) is 3.62. The molecule has 2 nitrogen and oxygen atoms in total. The zero-order valence-electron chi connectivity index (χ0n) is 9.88. The summed E-state index contributed by atoms with van der Waals surface area (Å²) in [6.07, 6.45) is 2.42. The van der Waals surface area contributed by atoms with Crippen molar-refractivity contribution in [2.24, 2.45) is 0 Å². The summed E-state index contributed by atoms with van der Waals surface area (Å²) in [5, 5.41) is 4.82. The maximum absolute atomic E-state index is 6.26. The lowest BCUT2D eigenvalue weighted by Gasteiger charge is -2.25. The maximum atomic E-state index is 6.26. The van der Waals surface area contributed by atoms with E-state index in [1.54, 1.807) is 6.07 Å². The van der Waals surface area contributed by atoms with Crippen LogP contribution in [-0.4, -0.2) is 19.3 Å². The minimum Gasteiger partial charge on any atom is -0.376 e. The largest absolute Gasteiger partial charge is 0.376 e. The molecule has 0 aromatic heterocycles. The molecule has 94 valence electrons. The summed E-state index contributed by atoms with van der Waals surface area (Å²) in [5.41, 5.74) is 1.07. The van der Waals surface area contributed by atoms with Gasteiger partial charge in [-0.2, -0.15) is 0 Å². The Kier molecular flexibility index (Phi) is 4.69. The highest BCUT2D eigenvalue weighted by atomic mass is 35.5. The van der Waals surface area contributed by atoms with Crippen LogP contribution < -0.4 is 5.32 Å². The highest BCUT2D eigenvalue weighted by Gasteiger charge is 2.28. The van der Waals surface area contributed by atoms with E-state index in [0.717, 1.165) is 31.6 Å². The van der Waals surface area contributed by atoms with Crippen LogP contribution in [0.1, 0.15) is 31.4 Å². The van der Waals surface area contributed by atoms with Crippen molar-refractivity contribution < 1.29 is 4.74 Å². The summed E-state index contributed by atoms with van der Waals surface area (Å²) >= 11 is 12.2. The molecule has 1 fully saturated rings. The van der Waals surface area contributed by atoms with Crippen molar-refractivity contribution in [3.8, 4) is 0 Å². The first-order chi connectivity index (χ1) is 8.22. The van der Waals surface area contributed by atoms with Gasteiger partial charge in [0.05, 0.1) is 12.1 Å². The molecule has 1 aliphatic heterocycles. The Morgan fingerprint density at radius 2 is 2.29 bits per heavy atom. The Morgan fingerprint density at radius 3 is 2.88 bits per heavy atom. The van der Waals surface area contributed by atoms with E-state index < -0.39 is 0 Å². The normalized spacial score (nSPS) is 21.7. The maximum Gasteiger partial charge on any atom is 0.0771 e. The number of benzene rings is 1. The van der Waals surface area contributed by atoms with Crippen LogP contribution >= 0.6 is 23.2 Å². The lowest BCUT2D eigenvalue weighted by molar-refractivity contribution is 0.0788. The Hall–Kier alpha value is -0.280. The molecule has 0 radical (unpaired) electrons. The summed E-state index contributed by atoms with van der Waals surface area (Å²) in [6, 6.07) is 5.81. The summed E-state index contributed by atoms with van der Waals surface area (Å²) in [7, 11) is 0. The molecule has 4 heteroatoms. The quantitative estimate of drug-likeness (QED) is 0.901. The summed E-state index contributed by atoms with van der Waals surface area (Å²) < 4.78 is 5.75. The van der Waals surface area contributed by atoms with E-state index in [-0.39, 0.29) is 12.1 Å². The van der Waals surface area contributed by atoms with Gasteiger partial charge in [-0.05, 0) is 37.1 Å². The molecule has 0 aliphatic carbocycles. The van der Waals surface area contributed by atoms with Gasteiger partial charge in [-0.25, -0.2) is 0 Å². The molecule has 2 unspecified atom stereocenters. The van der Waals surface area contributed by atoms with Crippen molar-refractivity contribution in [3.63, 3.8) is 0 Å². The SMILES string of the molecule is CCNC(c1ccc(Cl)cc1Cl)C1CCCO1.